The zero-order valence-corrected chi connectivity index (χ0v) is 14.4. The molecule has 1 rings (SSSR count). The first kappa shape index (κ1) is 17.8. The van der Waals surface area contributed by atoms with Crippen LogP contribution in [0.5, 0.6) is 0 Å². The second-order valence-corrected chi connectivity index (χ2v) is 8.16. The molecule has 118 valence electrons. The fraction of sp³-hybridized carbons (Fsp3) is 0.667. The number of thioether (sulfide) groups is 1. The van der Waals surface area contributed by atoms with Gasteiger partial charge in [0, 0.05) is 17.0 Å². The van der Waals surface area contributed by atoms with Crippen molar-refractivity contribution in [1.29, 1.82) is 0 Å². The molecule has 21 heavy (non-hydrogen) atoms. The van der Waals surface area contributed by atoms with Gasteiger partial charge in [0.25, 0.3) is 0 Å². The Labute approximate surface area is 130 Å². The largest absolute Gasteiger partial charge is 0.350 e. The number of hydrogen-bond acceptors (Lipinski definition) is 4. The summed E-state index contributed by atoms with van der Waals surface area (Å²) >= 11 is 1.30. The molecule has 6 heteroatoms. The summed E-state index contributed by atoms with van der Waals surface area (Å²) in [4.78, 5) is 37.3. The number of ketones is 1. The third-order valence-corrected chi connectivity index (χ3v) is 3.75. The summed E-state index contributed by atoms with van der Waals surface area (Å²) in [5.41, 5.74) is -0.851. The van der Waals surface area contributed by atoms with E-state index < -0.39 is 5.41 Å². The van der Waals surface area contributed by atoms with E-state index in [-0.39, 0.29) is 35.4 Å². The van der Waals surface area contributed by atoms with Crippen LogP contribution in [-0.2, 0) is 14.4 Å². The van der Waals surface area contributed by atoms with Gasteiger partial charge in [-0.15, -0.1) is 0 Å². The monoisotopic (exact) mass is 312 g/mol. The molecule has 1 fully saturated rings. The quantitative estimate of drug-likeness (QED) is 0.809. The SMILES string of the molecule is CC(C)(C)NC(=O)CN1C(=O)CS/C1=C/C(=O)C(C)(C)C. The van der Waals surface area contributed by atoms with Crippen molar-refractivity contribution in [2.45, 2.75) is 47.1 Å². The molecule has 1 aliphatic heterocycles. The van der Waals surface area contributed by atoms with Gasteiger partial charge in [0.05, 0.1) is 10.8 Å². The normalized spacial score (nSPS) is 18.3. The summed E-state index contributed by atoms with van der Waals surface area (Å²) in [6.07, 6.45) is 1.47. The number of hydrogen-bond donors (Lipinski definition) is 1. The van der Waals surface area contributed by atoms with Crippen LogP contribution in [0.4, 0.5) is 0 Å². The standard InChI is InChI=1S/C15H24N2O3S/c1-14(2,3)10(18)7-13-17(12(20)9-21-13)8-11(19)16-15(4,5)6/h7H,8-9H2,1-6H3,(H,16,19)/b13-7+. The molecule has 1 N–H and O–H groups in total. The lowest BCUT2D eigenvalue weighted by atomic mass is 9.91. The number of allylic oxidation sites excluding steroid dienone is 1. The molecule has 5 nitrogen and oxygen atoms in total. The topological polar surface area (TPSA) is 66.5 Å². The van der Waals surface area contributed by atoms with Crippen LogP contribution < -0.4 is 5.32 Å². The maximum atomic E-state index is 12.1. The third kappa shape index (κ3) is 5.53. The molecule has 0 aliphatic carbocycles. The Morgan fingerprint density at radius 1 is 1.24 bits per heavy atom. The molecule has 0 aromatic carbocycles. The first-order chi connectivity index (χ1) is 9.40. The molecule has 0 aromatic rings. The molecule has 0 spiro atoms. The van der Waals surface area contributed by atoms with Crippen molar-refractivity contribution in [3.8, 4) is 0 Å². The Balaban J connectivity index is 2.83. The lowest BCUT2D eigenvalue weighted by Crippen LogP contribution is -2.46. The summed E-state index contributed by atoms with van der Waals surface area (Å²) in [5.74, 6) is -0.156. The van der Waals surface area contributed by atoms with Crippen LogP contribution in [0.3, 0.4) is 0 Å². The highest BCUT2D eigenvalue weighted by molar-refractivity contribution is 8.04. The van der Waals surface area contributed by atoms with Gasteiger partial charge < -0.3 is 5.32 Å². The number of nitrogens with one attached hydrogen (secondary N) is 1. The molecule has 0 aromatic heterocycles. The van der Waals surface area contributed by atoms with E-state index in [1.807, 2.05) is 41.5 Å². The number of amides is 2. The minimum atomic E-state index is -0.501. The molecule has 1 aliphatic rings. The molecular formula is C15H24N2O3S. The van der Waals surface area contributed by atoms with E-state index >= 15 is 0 Å². The highest BCUT2D eigenvalue weighted by Gasteiger charge is 2.31. The zero-order chi connectivity index (χ0) is 16.4. The highest BCUT2D eigenvalue weighted by Crippen LogP contribution is 2.30. The van der Waals surface area contributed by atoms with E-state index in [0.717, 1.165) is 0 Å². The molecule has 0 atom stereocenters. The van der Waals surface area contributed by atoms with Gasteiger partial charge in [-0.05, 0) is 20.8 Å². The van der Waals surface area contributed by atoms with Gasteiger partial charge in [-0.25, -0.2) is 0 Å². The lowest BCUT2D eigenvalue weighted by molar-refractivity contribution is -0.132. The highest BCUT2D eigenvalue weighted by atomic mass is 32.2. The summed E-state index contributed by atoms with van der Waals surface area (Å²) in [7, 11) is 0. The number of nitrogens with zero attached hydrogens (tertiary/aromatic N) is 1. The second-order valence-electron chi connectivity index (χ2n) is 7.16. The molecule has 0 radical (unpaired) electrons. The number of carbonyl (C=O) groups is 3. The molecular weight excluding hydrogens is 288 g/mol. The maximum absolute atomic E-state index is 12.1. The van der Waals surface area contributed by atoms with Crippen LogP contribution in [0.15, 0.2) is 11.1 Å². The van der Waals surface area contributed by atoms with Crippen LogP contribution in [-0.4, -0.2) is 40.3 Å². The van der Waals surface area contributed by atoms with Gasteiger partial charge in [0.15, 0.2) is 5.78 Å². The Morgan fingerprint density at radius 2 is 1.81 bits per heavy atom. The van der Waals surface area contributed by atoms with Gasteiger partial charge in [0.1, 0.15) is 6.54 Å². The summed E-state index contributed by atoms with van der Waals surface area (Å²) < 4.78 is 0. The van der Waals surface area contributed by atoms with Crippen molar-refractivity contribution in [1.82, 2.24) is 10.2 Å². The smallest absolute Gasteiger partial charge is 0.240 e. The Kier molecular flexibility index (Phi) is 5.25. The first-order valence-electron chi connectivity index (χ1n) is 6.90. The van der Waals surface area contributed by atoms with Gasteiger partial charge in [-0.3, -0.25) is 19.3 Å². The van der Waals surface area contributed by atoms with Crippen LogP contribution >= 0.6 is 11.8 Å². The molecule has 1 saturated heterocycles. The van der Waals surface area contributed by atoms with Crippen molar-refractivity contribution in [2.75, 3.05) is 12.3 Å². The van der Waals surface area contributed by atoms with E-state index in [9.17, 15) is 14.4 Å². The average Bonchev–Trinajstić information content (AvgIpc) is 2.57. The predicted octanol–water partition coefficient (Wildman–Crippen LogP) is 1.93. The van der Waals surface area contributed by atoms with Crippen molar-refractivity contribution in [3.05, 3.63) is 11.1 Å². The fourth-order valence-corrected chi connectivity index (χ4v) is 2.57. The van der Waals surface area contributed by atoms with E-state index in [2.05, 4.69) is 5.32 Å². The molecule has 0 saturated carbocycles. The zero-order valence-electron chi connectivity index (χ0n) is 13.6. The van der Waals surface area contributed by atoms with Gasteiger partial charge in [-0.1, -0.05) is 32.5 Å². The molecule has 1 heterocycles. The maximum Gasteiger partial charge on any atom is 0.240 e. The number of carbonyl (C=O) groups excluding carboxylic acids is 3. The minimum Gasteiger partial charge on any atom is -0.350 e. The molecule has 0 bridgehead atoms. The van der Waals surface area contributed by atoms with E-state index in [1.165, 1.54) is 22.7 Å². The second kappa shape index (κ2) is 6.22. The third-order valence-electron chi connectivity index (χ3n) is 2.72. The van der Waals surface area contributed by atoms with Crippen LogP contribution in [0, 0.1) is 5.41 Å². The van der Waals surface area contributed by atoms with Gasteiger partial charge >= 0.3 is 0 Å². The van der Waals surface area contributed by atoms with Gasteiger partial charge in [0.2, 0.25) is 11.8 Å². The fourth-order valence-electron chi connectivity index (χ4n) is 1.63. The minimum absolute atomic E-state index is 0.0492. The molecule has 2 amide bonds. The van der Waals surface area contributed by atoms with Crippen LogP contribution in [0.25, 0.3) is 0 Å². The first-order valence-corrected chi connectivity index (χ1v) is 7.89. The Morgan fingerprint density at radius 3 is 2.29 bits per heavy atom. The summed E-state index contributed by atoms with van der Waals surface area (Å²) in [6.45, 7) is 11.1. The van der Waals surface area contributed by atoms with E-state index in [4.69, 9.17) is 0 Å². The van der Waals surface area contributed by atoms with Gasteiger partial charge in [-0.2, -0.15) is 0 Å². The van der Waals surface area contributed by atoms with Crippen molar-refractivity contribution >= 4 is 29.4 Å². The average molecular weight is 312 g/mol. The van der Waals surface area contributed by atoms with Crippen LogP contribution in [0.2, 0.25) is 0 Å². The predicted molar refractivity (Wildman–Crippen MR) is 84.6 cm³/mol. The Hall–Kier alpha value is -1.30. The van der Waals surface area contributed by atoms with E-state index in [0.29, 0.717) is 5.03 Å². The van der Waals surface area contributed by atoms with Crippen molar-refractivity contribution in [3.63, 3.8) is 0 Å². The van der Waals surface area contributed by atoms with Crippen molar-refractivity contribution in [2.24, 2.45) is 5.41 Å². The lowest BCUT2D eigenvalue weighted by Gasteiger charge is -2.23. The summed E-state index contributed by atoms with van der Waals surface area (Å²) in [5, 5.41) is 3.38. The number of rotatable bonds is 3. The molecule has 0 unspecified atom stereocenters. The Bertz CT molecular complexity index is 484. The van der Waals surface area contributed by atoms with Crippen molar-refractivity contribution < 1.29 is 14.4 Å². The van der Waals surface area contributed by atoms with Crippen LogP contribution in [0.1, 0.15) is 41.5 Å². The summed E-state index contributed by atoms with van der Waals surface area (Å²) in [6, 6.07) is 0. The van der Waals surface area contributed by atoms with E-state index in [1.54, 1.807) is 0 Å².